The summed E-state index contributed by atoms with van der Waals surface area (Å²) in [6.07, 6.45) is 1.75. The molecule has 0 aliphatic heterocycles. The molecule has 0 radical (unpaired) electrons. The van der Waals surface area contributed by atoms with Gasteiger partial charge in [-0.05, 0) is 45.9 Å². The molecule has 0 saturated carbocycles. The Morgan fingerprint density at radius 3 is 2.48 bits per heavy atom. The highest BCUT2D eigenvalue weighted by atomic mass is 15.3. The van der Waals surface area contributed by atoms with Crippen LogP contribution in [0.15, 0.2) is 36.5 Å². The van der Waals surface area contributed by atoms with Crippen LogP contribution < -0.4 is 10.6 Å². The van der Waals surface area contributed by atoms with E-state index < -0.39 is 0 Å². The molecule has 0 aliphatic carbocycles. The van der Waals surface area contributed by atoms with Crippen molar-refractivity contribution in [1.29, 1.82) is 0 Å². The second-order valence-electron chi connectivity index (χ2n) is 7.23. The van der Waals surface area contributed by atoms with Crippen LogP contribution in [0.2, 0.25) is 0 Å². The first-order chi connectivity index (χ1) is 13.0. The van der Waals surface area contributed by atoms with Crippen molar-refractivity contribution in [1.82, 2.24) is 24.4 Å². The number of nitrogens with one attached hydrogen (secondary N) is 2. The summed E-state index contributed by atoms with van der Waals surface area (Å²) in [5.41, 5.74) is 2.01. The van der Waals surface area contributed by atoms with Crippen LogP contribution in [0, 0.1) is 0 Å². The fourth-order valence-corrected chi connectivity index (χ4v) is 3.30. The van der Waals surface area contributed by atoms with Crippen LogP contribution >= 0.6 is 0 Å². The molecule has 1 aromatic carbocycles. The summed E-state index contributed by atoms with van der Waals surface area (Å²) < 4.78 is 2.00. The smallest absolute Gasteiger partial charge is 0.231 e. The molecule has 2 heterocycles. The maximum Gasteiger partial charge on any atom is 0.231 e. The van der Waals surface area contributed by atoms with Crippen molar-refractivity contribution >= 4 is 28.7 Å². The molecule has 7 heteroatoms. The standard InChI is InChI=1S/C20H29N7/c1-14(2)27(15(3)4)13-12-21-18-10-11-22-19(24-18)25-20-23-16-8-6-7-9-17(16)26(20)5/h6-11,14-15H,12-13H2,1-5H3,(H2,21,22,23,24,25). The number of aryl methyl sites for hydroxylation is 1. The minimum Gasteiger partial charge on any atom is -0.369 e. The molecule has 0 saturated heterocycles. The van der Waals surface area contributed by atoms with Crippen molar-refractivity contribution in [3.8, 4) is 0 Å². The molecule has 0 bridgehead atoms. The van der Waals surface area contributed by atoms with Crippen LogP contribution in [0.5, 0.6) is 0 Å². The number of nitrogens with zero attached hydrogens (tertiary/aromatic N) is 5. The highest BCUT2D eigenvalue weighted by Gasteiger charge is 2.13. The summed E-state index contributed by atoms with van der Waals surface area (Å²) >= 11 is 0. The highest BCUT2D eigenvalue weighted by molar-refractivity contribution is 5.79. The first-order valence-corrected chi connectivity index (χ1v) is 9.47. The van der Waals surface area contributed by atoms with Gasteiger partial charge in [-0.2, -0.15) is 4.98 Å². The maximum absolute atomic E-state index is 4.61. The molecule has 0 spiro atoms. The van der Waals surface area contributed by atoms with E-state index in [4.69, 9.17) is 0 Å². The average molecular weight is 368 g/mol. The van der Waals surface area contributed by atoms with Crippen molar-refractivity contribution in [2.75, 3.05) is 23.7 Å². The molecule has 0 unspecified atom stereocenters. The van der Waals surface area contributed by atoms with Crippen molar-refractivity contribution in [3.05, 3.63) is 36.5 Å². The molecule has 7 nitrogen and oxygen atoms in total. The van der Waals surface area contributed by atoms with Crippen molar-refractivity contribution in [3.63, 3.8) is 0 Å². The predicted molar refractivity (Wildman–Crippen MR) is 111 cm³/mol. The SMILES string of the molecule is CC(C)N(CCNc1ccnc(Nc2nc3ccccc3n2C)n1)C(C)C. The van der Waals surface area contributed by atoms with E-state index >= 15 is 0 Å². The molecule has 144 valence electrons. The minimum absolute atomic E-state index is 0.520. The number of anilines is 3. The lowest BCUT2D eigenvalue weighted by Gasteiger charge is -2.30. The number of hydrogen-bond donors (Lipinski definition) is 2. The van der Waals surface area contributed by atoms with Crippen LogP contribution in [-0.4, -0.2) is 49.6 Å². The van der Waals surface area contributed by atoms with Gasteiger partial charge in [-0.3, -0.25) is 10.2 Å². The topological polar surface area (TPSA) is 70.9 Å². The Morgan fingerprint density at radius 2 is 1.78 bits per heavy atom. The monoisotopic (exact) mass is 367 g/mol. The molecular weight excluding hydrogens is 338 g/mol. The maximum atomic E-state index is 4.61. The van der Waals surface area contributed by atoms with Gasteiger partial charge in [0.15, 0.2) is 0 Å². The number of imidazole rings is 1. The summed E-state index contributed by atoms with van der Waals surface area (Å²) in [7, 11) is 1.98. The lowest BCUT2D eigenvalue weighted by atomic mass is 10.2. The molecular formula is C20H29N7. The normalized spacial score (nSPS) is 11.7. The second kappa shape index (κ2) is 8.35. The highest BCUT2D eigenvalue weighted by Crippen LogP contribution is 2.20. The Hall–Kier alpha value is -2.67. The quantitative estimate of drug-likeness (QED) is 0.633. The lowest BCUT2D eigenvalue weighted by Crippen LogP contribution is -2.40. The third kappa shape index (κ3) is 4.54. The molecule has 3 rings (SSSR count). The molecule has 0 fully saturated rings. The predicted octanol–water partition coefficient (Wildman–Crippen LogP) is 3.64. The van der Waals surface area contributed by atoms with Crippen molar-refractivity contribution < 1.29 is 0 Å². The molecule has 27 heavy (non-hydrogen) atoms. The summed E-state index contributed by atoms with van der Waals surface area (Å²) in [5.74, 6) is 2.06. The number of benzene rings is 1. The Kier molecular flexibility index (Phi) is 5.91. The Bertz CT molecular complexity index is 877. The van der Waals surface area contributed by atoms with Gasteiger partial charge in [0, 0.05) is 38.4 Å². The zero-order chi connectivity index (χ0) is 19.4. The Morgan fingerprint density at radius 1 is 1.04 bits per heavy atom. The van der Waals surface area contributed by atoms with Crippen LogP contribution in [0.4, 0.5) is 17.7 Å². The van der Waals surface area contributed by atoms with Gasteiger partial charge in [0.25, 0.3) is 0 Å². The van der Waals surface area contributed by atoms with E-state index in [1.54, 1.807) is 6.20 Å². The van der Waals surface area contributed by atoms with E-state index in [0.717, 1.165) is 35.9 Å². The van der Waals surface area contributed by atoms with Crippen molar-refractivity contribution in [2.45, 2.75) is 39.8 Å². The zero-order valence-electron chi connectivity index (χ0n) is 16.8. The average Bonchev–Trinajstić information content (AvgIpc) is 2.94. The number of para-hydroxylation sites is 2. The fraction of sp³-hybridized carbons (Fsp3) is 0.450. The van der Waals surface area contributed by atoms with Crippen LogP contribution in [-0.2, 0) is 7.05 Å². The van der Waals surface area contributed by atoms with E-state index in [-0.39, 0.29) is 0 Å². The van der Waals surface area contributed by atoms with Gasteiger partial charge >= 0.3 is 0 Å². The van der Waals surface area contributed by atoms with Gasteiger partial charge in [0.2, 0.25) is 11.9 Å². The van der Waals surface area contributed by atoms with E-state index in [1.165, 1.54) is 0 Å². The molecule has 2 aromatic heterocycles. The number of fused-ring (bicyclic) bond motifs is 1. The van der Waals surface area contributed by atoms with Crippen LogP contribution in [0.25, 0.3) is 11.0 Å². The van der Waals surface area contributed by atoms with Gasteiger partial charge in [-0.1, -0.05) is 12.1 Å². The molecule has 0 amide bonds. The largest absolute Gasteiger partial charge is 0.369 e. The van der Waals surface area contributed by atoms with Crippen LogP contribution in [0.1, 0.15) is 27.7 Å². The van der Waals surface area contributed by atoms with Crippen LogP contribution in [0.3, 0.4) is 0 Å². The van der Waals surface area contributed by atoms with E-state index in [2.05, 4.69) is 58.2 Å². The molecule has 3 aromatic rings. The number of hydrogen-bond acceptors (Lipinski definition) is 6. The first-order valence-electron chi connectivity index (χ1n) is 9.47. The fourth-order valence-electron chi connectivity index (χ4n) is 3.30. The van der Waals surface area contributed by atoms with Gasteiger partial charge in [0.1, 0.15) is 5.82 Å². The lowest BCUT2D eigenvalue weighted by molar-refractivity contribution is 0.182. The Labute approximate surface area is 160 Å². The molecule has 0 aliphatic rings. The summed E-state index contributed by atoms with van der Waals surface area (Å²) in [6.45, 7) is 10.7. The minimum atomic E-state index is 0.520. The van der Waals surface area contributed by atoms with Gasteiger partial charge in [-0.15, -0.1) is 0 Å². The van der Waals surface area contributed by atoms with Gasteiger partial charge < -0.3 is 9.88 Å². The van der Waals surface area contributed by atoms with E-state index in [9.17, 15) is 0 Å². The summed E-state index contributed by atoms with van der Waals surface area (Å²) in [5, 5.41) is 6.61. The Balaban J connectivity index is 1.66. The van der Waals surface area contributed by atoms with E-state index in [0.29, 0.717) is 18.0 Å². The first kappa shape index (κ1) is 19.1. The summed E-state index contributed by atoms with van der Waals surface area (Å²) in [4.78, 5) is 15.9. The number of rotatable bonds is 8. The third-order valence-corrected chi connectivity index (χ3v) is 4.67. The number of aromatic nitrogens is 4. The zero-order valence-corrected chi connectivity index (χ0v) is 16.8. The van der Waals surface area contributed by atoms with Gasteiger partial charge in [-0.25, -0.2) is 9.97 Å². The summed E-state index contributed by atoms with van der Waals surface area (Å²) in [6, 6.07) is 11.0. The third-order valence-electron chi connectivity index (χ3n) is 4.67. The van der Waals surface area contributed by atoms with E-state index in [1.807, 2.05) is 41.9 Å². The molecule has 0 atom stereocenters. The second-order valence-corrected chi connectivity index (χ2v) is 7.23. The van der Waals surface area contributed by atoms with Crippen molar-refractivity contribution in [2.24, 2.45) is 7.05 Å². The van der Waals surface area contributed by atoms with Gasteiger partial charge in [0.05, 0.1) is 11.0 Å². The molecule has 2 N–H and O–H groups in total.